The monoisotopic (exact) mass is 1130 g/mol. The van der Waals surface area contributed by atoms with E-state index >= 15 is 0 Å². The van der Waals surface area contributed by atoms with E-state index in [4.69, 9.17) is 9.47 Å². The molecule has 6 aromatic rings. The minimum Gasteiger partial charge on any atom is -0.396 e. The van der Waals surface area contributed by atoms with Crippen LogP contribution in [0.25, 0.3) is 36.5 Å². The highest BCUT2D eigenvalue weighted by molar-refractivity contribution is 5.75. The van der Waals surface area contributed by atoms with Gasteiger partial charge in [0.15, 0.2) is 0 Å². The molecule has 0 unspecified atom stereocenters. The molecule has 0 aromatic heterocycles. The van der Waals surface area contributed by atoms with Crippen molar-refractivity contribution in [2.45, 2.75) is 220 Å². The molecule has 3 aliphatic rings. The Morgan fingerprint density at radius 1 is 0.369 bits per heavy atom. The van der Waals surface area contributed by atoms with Gasteiger partial charge >= 0.3 is 0 Å². The molecule has 0 saturated heterocycles. The minimum absolute atomic E-state index is 0.215. The fourth-order valence-electron chi connectivity index (χ4n) is 12.9. The zero-order valence-corrected chi connectivity index (χ0v) is 55.4. The second-order valence-corrected chi connectivity index (χ2v) is 29.0. The summed E-state index contributed by atoms with van der Waals surface area (Å²) in [6, 6.07) is 41.0. The molecular weight excluding hydrogens is 1020 g/mol. The molecule has 3 heteroatoms. The van der Waals surface area contributed by atoms with Gasteiger partial charge in [0.25, 0.3) is 0 Å². The van der Waals surface area contributed by atoms with E-state index in [0.717, 1.165) is 58.3 Å². The molecule has 0 spiro atoms. The second kappa shape index (κ2) is 28.3. The van der Waals surface area contributed by atoms with Crippen LogP contribution >= 0.6 is 0 Å². The fourth-order valence-corrected chi connectivity index (χ4v) is 12.9. The summed E-state index contributed by atoms with van der Waals surface area (Å²) in [5, 5.41) is 9.36. The molecule has 0 fully saturated rings. The van der Waals surface area contributed by atoms with Gasteiger partial charge in [0.2, 0.25) is 0 Å². The molecule has 0 saturated carbocycles. The zero-order chi connectivity index (χ0) is 61.1. The van der Waals surface area contributed by atoms with Crippen molar-refractivity contribution in [1.29, 1.82) is 0 Å². The van der Waals surface area contributed by atoms with E-state index in [1.165, 1.54) is 128 Å². The van der Waals surface area contributed by atoms with Crippen LogP contribution in [0, 0.1) is 20.8 Å². The Morgan fingerprint density at radius 2 is 0.631 bits per heavy atom. The molecular formula is C81H108O3. The maximum absolute atomic E-state index is 9.36. The van der Waals surface area contributed by atoms with Crippen LogP contribution in [0.4, 0.5) is 0 Å². The number of ether oxygens (including phenoxy) is 2. The third-order valence-electron chi connectivity index (χ3n) is 19.3. The smallest absolute Gasteiger partial charge is 0.0469 e. The summed E-state index contributed by atoms with van der Waals surface area (Å²) in [5.41, 5.74) is 26.5. The summed E-state index contributed by atoms with van der Waals surface area (Å²) in [6.45, 7) is 39.9. The van der Waals surface area contributed by atoms with Crippen molar-refractivity contribution in [2.24, 2.45) is 0 Å². The van der Waals surface area contributed by atoms with Gasteiger partial charge in [-0.3, -0.25) is 0 Å². The molecule has 9 rings (SSSR count). The number of aliphatic hydroxyl groups is 1. The normalized spacial score (nSPS) is 17.6. The predicted molar refractivity (Wildman–Crippen MR) is 366 cm³/mol. The Balaban J connectivity index is 0.000000181. The van der Waals surface area contributed by atoms with Gasteiger partial charge in [-0.2, -0.15) is 0 Å². The van der Waals surface area contributed by atoms with Crippen molar-refractivity contribution in [1.82, 2.24) is 0 Å². The lowest BCUT2D eigenvalue weighted by molar-refractivity contribution is 0.145. The van der Waals surface area contributed by atoms with Crippen molar-refractivity contribution in [3.05, 3.63) is 209 Å². The first-order valence-corrected chi connectivity index (χ1v) is 32.1. The van der Waals surface area contributed by atoms with Gasteiger partial charge in [0.1, 0.15) is 0 Å². The topological polar surface area (TPSA) is 38.7 Å². The average molecular weight is 1130 g/mol. The van der Waals surface area contributed by atoms with Crippen LogP contribution in [0.1, 0.15) is 248 Å². The second-order valence-electron chi connectivity index (χ2n) is 29.0. The first-order chi connectivity index (χ1) is 39.7. The molecule has 0 atom stereocenters. The first-order valence-electron chi connectivity index (χ1n) is 32.1. The van der Waals surface area contributed by atoms with Gasteiger partial charge in [-0.15, -0.1) is 0 Å². The highest BCUT2D eigenvalue weighted by atomic mass is 16.5. The number of fused-ring (bicyclic) bond motifs is 3. The van der Waals surface area contributed by atoms with Gasteiger partial charge in [-0.1, -0.05) is 245 Å². The van der Waals surface area contributed by atoms with Crippen LogP contribution in [0.3, 0.4) is 0 Å². The molecule has 3 aliphatic carbocycles. The third kappa shape index (κ3) is 17.1. The molecule has 6 aromatic carbocycles. The van der Waals surface area contributed by atoms with Crippen LogP contribution < -0.4 is 0 Å². The first kappa shape index (κ1) is 66.0. The summed E-state index contributed by atoms with van der Waals surface area (Å²) >= 11 is 0. The maximum atomic E-state index is 9.36. The van der Waals surface area contributed by atoms with Crippen LogP contribution in [0.15, 0.2) is 109 Å². The summed E-state index contributed by atoms with van der Waals surface area (Å²) in [6.07, 6.45) is 27.1. The highest BCUT2D eigenvalue weighted by Gasteiger charge is 2.40. The number of methoxy groups -OCH3 is 1. The Bertz CT molecular complexity index is 3200. The number of aryl methyl sites for hydroxylation is 6. The molecule has 0 aliphatic heterocycles. The van der Waals surface area contributed by atoms with Gasteiger partial charge in [-0.05, 0) is 221 Å². The van der Waals surface area contributed by atoms with E-state index < -0.39 is 0 Å². The van der Waals surface area contributed by atoms with Crippen LogP contribution in [-0.2, 0) is 61.2 Å². The Kier molecular flexibility index (Phi) is 22.2. The summed E-state index contributed by atoms with van der Waals surface area (Å²) in [5.74, 6) is 0. The lowest BCUT2D eigenvalue weighted by Gasteiger charge is -2.42. The number of benzene rings is 6. The van der Waals surface area contributed by atoms with E-state index in [1.807, 2.05) is 0 Å². The van der Waals surface area contributed by atoms with E-state index in [0.29, 0.717) is 0 Å². The number of hydrogen-bond acceptors (Lipinski definition) is 3. The van der Waals surface area contributed by atoms with Gasteiger partial charge in [0, 0.05) is 33.5 Å². The molecule has 84 heavy (non-hydrogen) atoms. The lowest BCUT2D eigenvalue weighted by atomic mass is 9.62. The van der Waals surface area contributed by atoms with E-state index in [2.05, 4.69) is 256 Å². The van der Waals surface area contributed by atoms with Crippen molar-refractivity contribution in [2.75, 3.05) is 33.5 Å². The maximum Gasteiger partial charge on any atom is 0.0469 e. The lowest BCUT2D eigenvalue weighted by Crippen LogP contribution is -2.34. The number of aliphatic hydroxyl groups excluding tert-OH is 1. The molecule has 0 radical (unpaired) electrons. The highest BCUT2D eigenvalue weighted by Crippen LogP contribution is 2.50. The SMILES string of the molecule is CCOCCCc1cc2c(cc1/C=C/c1ccc(C)cc1)C(C)(C)CCC2(C)C.COCCCc1cc2c(cc1/C=C/c1ccc(C)cc1)C(C)(C)CCC2(C)C.Cc1ccc(/C=C/c2cc3c(cc2CCCO)C(C)(C)CCC3(C)C)cc1. The summed E-state index contributed by atoms with van der Waals surface area (Å²) in [4.78, 5) is 0. The molecule has 0 heterocycles. The van der Waals surface area contributed by atoms with Crippen LogP contribution in [0.5, 0.6) is 0 Å². The standard InChI is InChI=1S/C28H38O.C27H36O.C26H34O/c1-7-29-18-8-9-23-19-25-26(28(5,6)17-16-27(25,3)4)20-24(23)15-14-22-12-10-21(2)11-13-22;1-20-9-11-21(12-10-20)13-14-23-19-25-24(18-22(23)8-7-17-28-6)26(2,3)15-16-27(25,4)5;1-19-8-10-20(11-9-19)12-13-22-18-24-23(17-21(22)7-6-16-27)25(2,3)14-15-26(24,4)5/h10-15,19-20H,7-9,16-18H2,1-6H3;9-14,18-19H,7-8,15-17H2,1-6H3;8-13,17-18,27H,6-7,14-16H2,1-5H3/b15-14+;14-13+;13-12+. The molecule has 450 valence electrons. The van der Waals surface area contributed by atoms with Gasteiger partial charge in [0.05, 0.1) is 0 Å². The third-order valence-corrected chi connectivity index (χ3v) is 19.3. The predicted octanol–water partition coefficient (Wildman–Crippen LogP) is 21.0. The van der Waals surface area contributed by atoms with Crippen molar-refractivity contribution < 1.29 is 14.6 Å². The average Bonchev–Trinajstić information content (AvgIpc) is 1.15. The largest absolute Gasteiger partial charge is 0.396 e. The van der Waals surface area contributed by atoms with Crippen LogP contribution in [0.2, 0.25) is 0 Å². The quantitative estimate of drug-likeness (QED) is 0.0689. The summed E-state index contributed by atoms with van der Waals surface area (Å²) in [7, 11) is 1.79. The van der Waals surface area contributed by atoms with Crippen molar-refractivity contribution in [3.63, 3.8) is 0 Å². The number of rotatable bonds is 18. The molecule has 0 amide bonds. The Labute approximate surface area is 511 Å². The molecule has 1 N–H and O–H groups in total. The zero-order valence-electron chi connectivity index (χ0n) is 55.4. The van der Waals surface area contributed by atoms with Crippen LogP contribution in [-0.4, -0.2) is 38.6 Å². The van der Waals surface area contributed by atoms with E-state index in [-0.39, 0.29) is 39.1 Å². The Morgan fingerprint density at radius 3 is 0.893 bits per heavy atom. The fraction of sp³-hybridized carbons (Fsp3) is 0.481. The summed E-state index contributed by atoms with van der Waals surface area (Å²) < 4.78 is 10.9. The number of hydrogen-bond donors (Lipinski definition) is 1. The Hall–Kier alpha value is -5.58. The van der Waals surface area contributed by atoms with E-state index in [1.54, 1.807) is 18.2 Å². The molecule has 0 bridgehead atoms. The minimum atomic E-state index is 0.215. The molecule has 3 nitrogen and oxygen atoms in total. The van der Waals surface area contributed by atoms with Gasteiger partial charge in [-0.25, -0.2) is 0 Å². The van der Waals surface area contributed by atoms with Gasteiger partial charge < -0.3 is 14.6 Å². The van der Waals surface area contributed by atoms with E-state index in [9.17, 15) is 5.11 Å². The van der Waals surface area contributed by atoms with Crippen molar-refractivity contribution >= 4 is 36.5 Å². The van der Waals surface area contributed by atoms with Crippen molar-refractivity contribution in [3.8, 4) is 0 Å².